The molecule has 2 aliphatic rings. The molecule has 120 valence electrons. The first kappa shape index (κ1) is 14.3. The van der Waals surface area contributed by atoms with Gasteiger partial charge in [-0.1, -0.05) is 0 Å². The van der Waals surface area contributed by atoms with Crippen LogP contribution in [0.3, 0.4) is 0 Å². The number of methoxy groups -OCH3 is 1. The Morgan fingerprint density at radius 3 is 2.65 bits per heavy atom. The van der Waals surface area contributed by atoms with Crippen LogP contribution in [0, 0.1) is 11.8 Å². The van der Waals surface area contributed by atoms with E-state index in [0.717, 1.165) is 29.5 Å². The zero-order valence-corrected chi connectivity index (χ0v) is 12.6. The monoisotopic (exact) mass is 315 g/mol. The van der Waals surface area contributed by atoms with Gasteiger partial charge < -0.3 is 14.6 Å². The van der Waals surface area contributed by atoms with Crippen molar-refractivity contribution in [3.05, 3.63) is 30.5 Å². The largest absolute Gasteiger partial charge is 0.497 e. The number of carbonyl (C=O) groups excluding carboxylic acids is 1. The Kier molecular flexibility index (Phi) is 3.16. The summed E-state index contributed by atoms with van der Waals surface area (Å²) in [7, 11) is 1.59. The fraction of sp³-hybridized carbons (Fsp3) is 0.412. The number of carbonyl (C=O) groups is 2. The van der Waals surface area contributed by atoms with Crippen molar-refractivity contribution in [1.82, 2.24) is 4.57 Å². The molecule has 23 heavy (non-hydrogen) atoms. The zero-order chi connectivity index (χ0) is 16.1. The maximum atomic E-state index is 13.0. The van der Waals surface area contributed by atoms with E-state index in [9.17, 15) is 14.7 Å². The summed E-state index contributed by atoms with van der Waals surface area (Å²) in [5, 5.41) is 10.4. The third kappa shape index (κ3) is 2.05. The van der Waals surface area contributed by atoms with Crippen molar-refractivity contribution in [2.75, 3.05) is 7.11 Å². The molecule has 0 unspecified atom stereocenters. The van der Waals surface area contributed by atoms with E-state index in [1.54, 1.807) is 23.9 Å². The minimum atomic E-state index is -0.950. The van der Waals surface area contributed by atoms with Gasteiger partial charge in [-0.2, -0.15) is 0 Å². The van der Waals surface area contributed by atoms with Crippen LogP contribution in [-0.2, 0) is 9.53 Å². The fourth-order valence-electron chi connectivity index (χ4n) is 3.91. The van der Waals surface area contributed by atoms with E-state index in [4.69, 9.17) is 9.47 Å². The van der Waals surface area contributed by atoms with Crippen molar-refractivity contribution in [2.24, 2.45) is 11.8 Å². The first-order valence-corrected chi connectivity index (χ1v) is 7.67. The van der Waals surface area contributed by atoms with Gasteiger partial charge >= 0.3 is 5.97 Å². The lowest BCUT2D eigenvalue weighted by Crippen LogP contribution is -2.40. The Bertz CT molecular complexity index is 795. The van der Waals surface area contributed by atoms with Crippen LogP contribution in [-0.4, -0.2) is 40.9 Å². The van der Waals surface area contributed by atoms with Crippen molar-refractivity contribution < 1.29 is 24.2 Å². The minimum absolute atomic E-state index is 0.204. The molecule has 0 aliphatic carbocycles. The molecule has 0 saturated carbocycles. The second kappa shape index (κ2) is 5.09. The third-order valence-electron chi connectivity index (χ3n) is 4.98. The predicted molar refractivity (Wildman–Crippen MR) is 81.6 cm³/mol. The smallest absolute Gasteiger partial charge is 0.310 e. The summed E-state index contributed by atoms with van der Waals surface area (Å²) in [6.07, 6.45) is 2.53. The van der Waals surface area contributed by atoms with Crippen LogP contribution in [0.2, 0.25) is 0 Å². The van der Waals surface area contributed by atoms with Crippen molar-refractivity contribution >= 4 is 22.8 Å². The van der Waals surface area contributed by atoms with E-state index >= 15 is 0 Å². The number of fused-ring (bicyclic) bond motifs is 3. The molecular weight excluding hydrogens is 298 g/mol. The molecule has 2 aromatic rings. The molecule has 1 N–H and O–H groups in total. The second-order valence-electron chi connectivity index (χ2n) is 6.13. The van der Waals surface area contributed by atoms with Gasteiger partial charge in [0.2, 0.25) is 5.91 Å². The molecule has 2 aliphatic heterocycles. The third-order valence-corrected chi connectivity index (χ3v) is 4.98. The Morgan fingerprint density at radius 1 is 1.22 bits per heavy atom. The predicted octanol–water partition coefficient (Wildman–Crippen LogP) is 2.17. The number of aromatic nitrogens is 1. The number of benzene rings is 1. The van der Waals surface area contributed by atoms with Crippen molar-refractivity contribution in [3.8, 4) is 5.75 Å². The van der Waals surface area contributed by atoms with Gasteiger partial charge in [-0.3, -0.25) is 14.2 Å². The van der Waals surface area contributed by atoms with Gasteiger partial charge in [0.25, 0.3) is 0 Å². The summed E-state index contributed by atoms with van der Waals surface area (Å²) in [5.41, 5.74) is 0.753. The standard InChI is InChI=1S/C17H17NO5/c1-22-10-2-3-11-9(8-10)6-7-18(11)16(19)14-12-4-5-13(23-12)15(14)17(20)21/h2-3,6-8,12-15H,4-5H2,1H3,(H,20,21)/t12-,13+,14-,15+/m1/s1. The molecule has 1 aromatic heterocycles. The Balaban J connectivity index is 1.73. The molecule has 2 fully saturated rings. The summed E-state index contributed by atoms with van der Waals surface area (Å²) in [4.78, 5) is 24.5. The maximum Gasteiger partial charge on any atom is 0.310 e. The van der Waals surface area contributed by atoms with E-state index in [1.807, 2.05) is 18.2 Å². The van der Waals surface area contributed by atoms with E-state index in [1.165, 1.54) is 0 Å². The second-order valence-corrected chi connectivity index (χ2v) is 6.13. The normalized spacial score (nSPS) is 29.1. The van der Waals surface area contributed by atoms with Gasteiger partial charge in [0.1, 0.15) is 5.75 Å². The lowest BCUT2D eigenvalue weighted by atomic mass is 9.78. The van der Waals surface area contributed by atoms with Crippen LogP contribution < -0.4 is 4.74 Å². The number of rotatable bonds is 3. The minimum Gasteiger partial charge on any atom is -0.497 e. The lowest BCUT2D eigenvalue weighted by molar-refractivity contribution is -0.144. The van der Waals surface area contributed by atoms with Gasteiger partial charge in [0, 0.05) is 11.6 Å². The average molecular weight is 315 g/mol. The molecule has 3 heterocycles. The average Bonchev–Trinajstić information content (AvgIpc) is 3.26. The van der Waals surface area contributed by atoms with E-state index in [-0.39, 0.29) is 18.1 Å². The van der Waals surface area contributed by atoms with Gasteiger partial charge in [-0.15, -0.1) is 0 Å². The summed E-state index contributed by atoms with van der Waals surface area (Å²) in [6, 6.07) is 7.29. The van der Waals surface area contributed by atoms with Crippen LogP contribution in [0.5, 0.6) is 5.75 Å². The number of carboxylic acid groups (broad SMARTS) is 1. The molecular formula is C17H17NO5. The molecule has 6 heteroatoms. The number of ether oxygens (including phenoxy) is 2. The SMILES string of the molecule is COc1ccc2c(ccn2C(=O)[C@H]2[C@@H](C(=O)O)[C@@H]3CC[C@H]2O3)c1. The van der Waals surface area contributed by atoms with E-state index in [2.05, 4.69) is 0 Å². The highest BCUT2D eigenvalue weighted by Gasteiger charge is 2.55. The number of aliphatic carboxylic acids is 1. The maximum absolute atomic E-state index is 13.0. The molecule has 0 amide bonds. The summed E-state index contributed by atoms with van der Waals surface area (Å²) in [5.74, 6) is -1.81. The van der Waals surface area contributed by atoms with Crippen molar-refractivity contribution in [2.45, 2.75) is 25.0 Å². The number of nitrogens with zero attached hydrogens (tertiary/aromatic N) is 1. The molecule has 6 nitrogen and oxygen atoms in total. The highest BCUT2D eigenvalue weighted by molar-refractivity contribution is 5.96. The molecule has 4 rings (SSSR count). The van der Waals surface area contributed by atoms with Gasteiger partial charge in [-0.05, 0) is 37.1 Å². The highest BCUT2D eigenvalue weighted by atomic mass is 16.5. The van der Waals surface area contributed by atoms with Gasteiger partial charge in [0.05, 0.1) is 36.7 Å². The number of hydrogen-bond acceptors (Lipinski definition) is 4. The van der Waals surface area contributed by atoms with Gasteiger partial charge in [0.15, 0.2) is 0 Å². The zero-order valence-electron chi connectivity index (χ0n) is 12.6. The lowest BCUT2D eigenvalue weighted by Gasteiger charge is -2.24. The van der Waals surface area contributed by atoms with E-state index < -0.39 is 17.8 Å². The Labute approximate surface area is 132 Å². The van der Waals surface area contributed by atoms with Crippen LogP contribution in [0.15, 0.2) is 30.5 Å². The molecule has 4 atom stereocenters. The Morgan fingerprint density at radius 2 is 1.96 bits per heavy atom. The van der Waals surface area contributed by atoms with Gasteiger partial charge in [-0.25, -0.2) is 0 Å². The van der Waals surface area contributed by atoms with Crippen molar-refractivity contribution in [1.29, 1.82) is 0 Å². The highest BCUT2D eigenvalue weighted by Crippen LogP contribution is 2.44. The molecule has 2 bridgehead atoms. The summed E-state index contributed by atoms with van der Waals surface area (Å²) < 4.78 is 12.4. The molecule has 2 saturated heterocycles. The number of carboxylic acids is 1. The van der Waals surface area contributed by atoms with Crippen LogP contribution in [0.1, 0.15) is 17.6 Å². The first-order chi connectivity index (χ1) is 11.1. The quantitative estimate of drug-likeness (QED) is 0.939. The summed E-state index contributed by atoms with van der Waals surface area (Å²) in [6.45, 7) is 0. The van der Waals surface area contributed by atoms with Crippen LogP contribution in [0.4, 0.5) is 0 Å². The topological polar surface area (TPSA) is 77.8 Å². The Hall–Kier alpha value is -2.34. The molecule has 0 spiro atoms. The first-order valence-electron chi connectivity index (χ1n) is 7.67. The van der Waals surface area contributed by atoms with E-state index in [0.29, 0.717) is 0 Å². The van der Waals surface area contributed by atoms with Crippen LogP contribution in [0.25, 0.3) is 10.9 Å². The van der Waals surface area contributed by atoms with Crippen LogP contribution >= 0.6 is 0 Å². The number of hydrogen-bond donors (Lipinski definition) is 1. The summed E-state index contributed by atoms with van der Waals surface area (Å²) >= 11 is 0. The van der Waals surface area contributed by atoms with Crippen molar-refractivity contribution in [3.63, 3.8) is 0 Å². The molecule has 0 radical (unpaired) electrons. The molecule has 1 aromatic carbocycles. The fourth-order valence-corrected chi connectivity index (χ4v) is 3.91.